The van der Waals surface area contributed by atoms with E-state index in [-0.39, 0.29) is 5.91 Å². The van der Waals surface area contributed by atoms with E-state index in [0.717, 1.165) is 31.7 Å². The van der Waals surface area contributed by atoms with Gasteiger partial charge >= 0.3 is 0 Å². The lowest BCUT2D eigenvalue weighted by Crippen LogP contribution is -2.32. The van der Waals surface area contributed by atoms with Crippen LogP contribution in [0.1, 0.15) is 41.0 Å². The third kappa shape index (κ3) is 3.16. The van der Waals surface area contributed by atoms with Crippen molar-refractivity contribution < 1.29 is 9.21 Å². The molecule has 2 N–H and O–H groups in total. The Bertz CT molecular complexity index is 611. The van der Waals surface area contributed by atoms with Gasteiger partial charge < -0.3 is 19.6 Å². The Morgan fingerprint density at radius 1 is 1.52 bits per heavy atom. The Morgan fingerprint density at radius 2 is 2.33 bits per heavy atom. The molecule has 2 aromatic rings. The summed E-state index contributed by atoms with van der Waals surface area (Å²) in [5.74, 6) is 1.19. The normalized spacial score (nSPS) is 16.0. The smallest absolute Gasteiger partial charge is 0.268 e. The van der Waals surface area contributed by atoms with Crippen LogP contribution in [-0.4, -0.2) is 28.5 Å². The fraction of sp³-hybridized carbons (Fsp3) is 0.467. The standard InChI is InChI=1S/C15H20N4O2/c1-11-9-17-14(21-11)10-18-15(20)13-3-2-8-19(13)12-4-6-16-7-5-12/h2-3,8-9,12,16H,4-7,10H2,1H3,(H,18,20). The van der Waals surface area contributed by atoms with E-state index in [1.165, 1.54) is 0 Å². The molecule has 3 heterocycles. The van der Waals surface area contributed by atoms with Crippen LogP contribution in [0.2, 0.25) is 0 Å². The van der Waals surface area contributed by atoms with Gasteiger partial charge in [0.1, 0.15) is 11.5 Å². The van der Waals surface area contributed by atoms with Gasteiger partial charge in [-0.1, -0.05) is 0 Å². The lowest BCUT2D eigenvalue weighted by molar-refractivity contribution is 0.0934. The maximum Gasteiger partial charge on any atom is 0.268 e. The topological polar surface area (TPSA) is 72.1 Å². The summed E-state index contributed by atoms with van der Waals surface area (Å²) in [5.41, 5.74) is 0.699. The summed E-state index contributed by atoms with van der Waals surface area (Å²) in [7, 11) is 0. The van der Waals surface area contributed by atoms with Gasteiger partial charge in [0.2, 0.25) is 5.89 Å². The van der Waals surface area contributed by atoms with E-state index in [4.69, 9.17) is 4.42 Å². The summed E-state index contributed by atoms with van der Waals surface area (Å²) in [5, 5.41) is 6.20. The fourth-order valence-corrected chi connectivity index (χ4v) is 2.72. The summed E-state index contributed by atoms with van der Waals surface area (Å²) in [6.45, 7) is 4.14. The van der Waals surface area contributed by atoms with Crippen molar-refractivity contribution in [1.29, 1.82) is 0 Å². The number of aryl methyl sites for hydroxylation is 1. The molecule has 0 saturated carbocycles. The van der Waals surface area contributed by atoms with Crippen molar-refractivity contribution in [1.82, 2.24) is 20.2 Å². The number of hydrogen-bond donors (Lipinski definition) is 2. The van der Waals surface area contributed by atoms with Crippen LogP contribution in [0.4, 0.5) is 0 Å². The van der Waals surface area contributed by atoms with Crippen molar-refractivity contribution in [3.63, 3.8) is 0 Å². The third-order valence-electron chi connectivity index (χ3n) is 3.78. The number of carbonyl (C=O) groups excluding carboxylic acids is 1. The van der Waals surface area contributed by atoms with Gasteiger partial charge in [-0.3, -0.25) is 4.79 Å². The highest BCUT2D eigenvalue weighted by Gasteiger charge is 2.20. The van der Waals surface area contributed by atoms with E-state index < -0.39 is 0 Å². The van der Waals surface area contributed by atoms with Gasteiger partial charge in [-0.15, -0.1) is 0 Å². The largest absolute Gasteiger partial charge is 0.444 e. The van der Waals surface area contributed by atoms with Crippen LogP contribution < -0.4 is 10.6 Å². The maximum absolute atomic E-state index is 12.3. The Morgan fingerprint density at radius 3 is 3.05 bits per heavy atom. The molecule has 3 rings (SSSR count). The molecule has 6 heteroatoms. The molecule has 21 heavy (non-hydrogen) atoms. The highest BCUT2D eigenvalue weighted by Crippen LogP contribution is 2.21. The Labute approximate surface area is 123 Å². The van der Waals surface area contributed by atoms with Crippen molar-refractivity contribution >= 4 is 5.91 Å². The molecule has 0 unspecified atom stereocenters. The first-order chi connectivity index (χ1) is 10.2. The number of nitrogens with zero attached hydrogens (tertiary/aromatic N) is 2. The van der Waals surface area contributed by atoms with E-state index >= 15 is 0 Å². The average Bonchev–Trinajstić information content (AvgIpc) is 3.14. The first kappa shape index (κ1) is 13.9. The first-order valence-corrected chi connectivity index (χ1v) is 7.31. The molecule has 0 aromatic carbocycles. The Balaban J connectivity index is 1.65. The molecule has 6 nitrogen and oxygen atoms in total. The number of carbonyl (C=O) groups is 1. The number of hydrogen-bond acceptors (Lipinski definition) is 4. The second kappa shape index (κ2) is 6.13. The predicted octanol–water partition coefficient (Wildman–Crippen LogP) is 1.64. The zero-order chi connectivity index (χ0) is 14.7. The number of amides is 1. The minimum Gasteiger partial charge on any atom is -0.444 e. The molecule has 2 aromatic heterocycles. The minimum atomic E-state index is -0.0885. The van der Waals surface area contributed by atoms with Crippen LogP contribution in [0, 0.1) is 6.92 Å². The molecule has 0 bridgehead atoms. The van der Waals surface area contributed by atoms with Crippen molar-refractivity contribution in [3.05, 3.63) is 41.9 Å². The number of aromatic nitrogens is 2. The lowest BCUT2D eigenvalue weighted by Gasteiger charge is -2.25. The van der Waals surface area contributed by atoms with E-state index in [1.54, 1.807) is 6.20 Å². The van der Waals surface area contributed by atoms with Gasteiger partial charge in [-0.2, -0.15) is 0 Å². The van der Waals surface area contributed by atoms with E-state index in [1.807, 2.05) is 25.3 Å². The molecule has 1 saturated heterocycles. The number of rotatable bonds is 4. The number of oxazole rings is 1. The zero-order valence-electron chi connectivity index (χ0n) is 12.1. The third-order valence-corrected chi connectivity index (χ3v) is 3.78. The van der Waals surface area contributed by atoms with E-state index in [9.17, 15) is 4.79 Å². The van der Waals surface area contributed by atoms with Crippen LogP contribution in [0.5, 0.6) is 0 Å². The highest BCUT2D eigenvalue weighted by molar-refractivity contribution is 5.92. The summed E-state index contributed by atoms with van der Waals surface area (Å²) in [4.78, 5) is 16.4. The molecule has 1 aliphatic rings. The molecule has 112 valence electrons. The molecular weight excluding hydrogens is 268 g/mol. The van der Waals surface area contributed by atoms with Crippen LogP contribution in [-0.2, 0) is 6.54 Å². The van der Waals surface area contributed by atoms with Crippen LogP contribution >= 0.6 is 0 Å². The van der Waals surface area contributed by atoms with Gasteiger partial charge in [0.25, 0.3) is 5.91 Å². The SMILES string of the molecule is Cc1cnc(CNC(=O)c2cccn2C2CCNCC2)o1. The molecule has 0 atom stereocenters. The minimum absolute atomic E-state index is 0.0885. The lowest BCUT2D eigenvalue weighted by atomic mass is 10.1. The summed E-state index contributed by atoms with van der Waals surface area (Å²) < 4.78 is 7.44. The number of nitrogens with one attached hydrogen (secondary N) is 2. The number of piperidine rings is 1. The predicted molar refractivity (Wildman–Crippen MR) is 78.0 cm³/mol. The average molecular weight is 288 g/mol. The van der Waals surface area contributed by atoms with Gasteiger partial charge in [-0.25, -0.2) is 4.98 Å². The fourth-order valence-electron chi connectivity index (χ4n) is 2.72. The Kier molecular flexibility index (Phi) is 4.06. The maximum atomic E-state index is 12.3. The quantitative estimate of drug-likeness (QED) is 0.897. The summed E-state index contributed by atoms with van der Waals surface area (Å²) in [6, 6.07) is 4.18. The van der Waals surface area contributed by atoms with Gasteiger partial charge in [0.15, 0.2) is 0 Å². The Hall–Kier alpha value is -2.08. The summed E-state index contributed by atoms with van der Waals surface area (Å²) >= 11 is 0. The van der Waals surface area contributed by atoms with Gasteiger partial charge in [0.05, 0.1) is 12.7 Å². The monoisotopic (exact) mass is 288 g/mol. The molecule has 0 spiro atoms. The molecule has 1 fully saturated rings. The molecular formula is C15H20N4O2. The van der Waals surface area contributed by atoms with Crippen LogP contribution in [0.3, 0.4) is 0 Å². The highest BCUT2D eigenvalue weighted by atomic mass is 16.4. The van der Waals surface area contributed by atoms with Crippen molar-refractivity contribution in [2.75, 3.05) is 13.1 Å². The van der Waals surface area contributed by atoms with Crippen LogP contribution in [0.25, 0.3) is 0 Å². The summed E-state index contributed by atoms with van der Waals surface area (Å²) in [6.07, 6.45) is 5.74. The first-order valence-electron chi connectivity index (χ1n) is 7.31. The van der Waals surface area contributed by atoms with Crippen molar-refractivity contribution in [2.45, 2.75) is 32.4 Å². The molecule has 0 aliphatic carbocycles. The molecule has 0 radical (unpaired) electrons. The van der Waals surface area contributed by atoms with Crippen molar-refractivity contribution in [2.24, 2.45) is 0 Å². The van der Waals surface area contributed by atoms with E-state index in [0.29, 0.717) is 24.2 Å². The molecule has 1 amide bonds. The zero-order valence-corrected chi connectivity index (χ0v) is 12.1. The van der Waals surface area contributed by atoms with E-state index in [2.05, 4.69) is 20.2 Å². The van der Waals surface area contributed by atoms with Crippen LogP contribution in [0.15, 0.2) is 28.9 Å². The van der Waals surface area contributed by atoms with Crippen molar-refractivity contribution in [3.8, 4) is 0 Å². The second-order valence-corrected chi connectivity index (χ2v) is 5.33. The van der Waals surface area contributed by atoms with Gasteiger partial charge in [-0.05, 0) is 45.0 Å². The molecule has 1 aliphatic heterocycles. The second-order valence-electron chi connectivity index (χ2n) is 5.33. The van der Waals surface area contributed by atoms with Gasteiger partial charge in [0, 0.05) is 12.2 Å².